The lowest BCUT2D eigenvalue weighted by Gasteiger charge is -2.20. The minimum atomic E-state index is -0.423. The van der Waals surface area contributed by atoms with E-state index in [9.17, 15) is 14.9 Å². The molecule has 1 N–H and O–H groups in total. The van der Waals surface area contributed by atoms with Crippen LogP contribution in [0.15, 0.2) is 72.8 Å². The molecule has 0 amide bonds. The topological polar surface area (TPSA) is 72.2 Å². The highest BCUT2D eigenvalue weighted by molar-refractivity contribution is 14.1. The first-order chi connectivity index (χ1) is 13.4. The molecule has 0 aliphatic carbocycles. The van der Waals surface area contributed by atoms with Crippen molar-refractivity contribution in [2.75, 3.05) is 5.32 Å². The molecule has 3 aromatic rings. The van der Waals surface area contributed by atoms with Gasteiger partial charge in [-0.1, -0.05) is 42.0 Å². The summed E-state index contributed by atoms with van der Waals surface area (Å²) in [6.07, 6.45) is 0.191. The van der Waals surface area contributed by atoms with Crippen LogP contribution in [0.25, 0.3) is 0 Å². The van der Waals surface area contributed by atoms with E-state index >= 15 is 0 Å². The van der Waals surface area contributed by atoms with Crippen LogP contribution in [0, 0.1) is 20.6 Å². The van der Waals surface area contributed by atoms with E-state index in [0.717, 1.165) is 14.8 Å². The standard InChI is InChI=1S/C22H19IN2O3/c1-15-5-7-16(8-6-15)22(26)14-21(24-19-11-9-18(23)10-12-19)17-3-2-4-20(13-17)25(27)28/h2-13,21,24H,14H2,1H3. The monoisotopic (exact) mass is 486 g/mol. The number of ketones is 1. The highest BCUT2D eigenvalue weighted by atomic mass is 127. The van der Waals surface area contributed by atoms with E-state index in [4.69, 9.17) is 0 Å². The third kappa shape index (κ3) is 5.16. The summed E-state index contributed by atoms with van der Waals surface area (Å²) in [4.78, 5) is 23.6. The van der Waals surface area contributed by atoms with Crippen LogP contribution >= 0.6 is 22.6 Å². The van der Waals surface area contributed by atoms with Crippen molar-refractivity contribution in [3.63, 3.8) is 0 Å². The Bertz CT molecular complexity index is 985. The van der Waals surface area contributed by atoms with Gasteiger partial charge in [-0.2, -0.15) is 0 Å². The number of nitro groups is 1. The van der Waals surface area contributed by atoms with Crippen LogP contribution in [0.5, 0.6) is 0 Å². The quantitative estimate of drug-likeness (QED) is 0.194. The second kappa shape index (κ2) is 8.97. The third-order valence-electron chi connectivity index (χ3n) is 4.43. The molecule has 0 spiro atoms. The zero-order chi connectivity index (χ0) is 20.1. The van der Waals surface area contributed by atoms with Crippen LogP contribution in [0.4, 0.5) is 11.4 Å². The number of nitro benzene ring substituents is 1. The highest BCUT2D eigenvalue weighted by Crippen LogP contribution is 2.27. The van der Waals surface area contributed by atoms with Gasteiger partial charge in [-0.3, -0.25) is 14.9 Å². The normalized spacial score (nSPS) is 11.6. The molecule has 0 fully saturated rings. The molecule has 0 aliphatic rings. The van der Waals surface area contributed by atoms with Crippen molar-refractivity contribution >= 4 is 39.7 Å². The molecule has 3 rings (SSSR count). The van der Waals surface area contributed by atoms with Crippen LogP contribution in [0.2, 0.25) is 0 Å². The van der Waals surface area contributed by atoms with Gasteiger partial charge in [0.15, 0.2) is 5.78 Å². The van der Waals surface area contributed by atoms with Crippen molar-refractivity contribution < 1.29 is 9.72 Å². The molecule has 5 nitrogen and oxygen atoms in total. The van der Waals surface area contributed by atoms with E-state index in [2.05, 4.69) is 27.9 Å². The summed E-state index contributed by atoms with van der Waals surface area (Å²) in [5.41, 5.74) is 3.28. The maximum Gasteiger partial charge on any atom is 0.269 e. The minimum Gasteiger partial charge on any atom is -0.378 e. The molecule has 0 saturated heterocycles. The van der Waals surface area contributed by atoms with Crippen LogP contribution in [0.3, 0.4) is 0 Å². The van der Waals surface area contributed by atoms with Crippen LogP contribution < -0.4 is 5.32 Å². The number of hydrogen-bond donors (Lipinski definition) is 1. The Kier molecular flexibility index (Phi) is 6.41. The van der Waals surface area contributed by atoms with E-state index in [1.54, 1.807) is 12.1 Å². The second-order valence-electron chi connectivity index (χ2n) is 6.55. The molecule has 0 aromatic heterocycles. The lowest BCUT2D eigenvalue weighted by molar-refractivity contribution is -0.384. The van der Waals surface area contributed by atoms with E-state index in [0.29, 0.717) is 11.1 Å². The molecular formula is C22H19IN2O3. The number of Topliss-reactive ketones (excluding diaryl/α,β-unsaturated/α-hetero) is 1. The van der Waals surface area contributed by atoms with Gasteiger partial charge in [0.2, 0.25) is 0 Å². The zero-order valence-corrected chi connectivity index (χ0v) is 17.4. The number of nitrogens with zero attached hydrogens (tertiary/aromatic N) is 1. The molecule has 0 saturated carbocycles. The fourth-order valence-electron chi connectivity index (χ4n) is 2.90. The summed E-state index contributed by atoms with van der Waals surface area (Å²) in [5, 5.41) is 14.5. The van der Waals surface area contributed by atoms with Crippen LogP contribution in [-0.2, 0) is 0 Å². The predicted molar refractivity (Wildman–Crippen MR) is 119 cm³/mol. The van der Waals surface area contributed by atoms with Gasteiger partial charge in [-0.25, -0.2) is 0 Å². The molecule has 0 radical (unpaired) electrons. The van der Waals surface area contributed by atoms with Crippen LogP contribution in [-0.4, -0.2) is 10.7 Å². The number of carbonyl (C=O) groups is 1. The first-order valence-corrected chi connectivity index (χ1v) is 9.86. The number of aryl methyl sites for hydroxylation is 1. The first kappa shape index (κ1) is 20.0. The van der Waals surface area contributed by atoms with E-state index in [-0.39, 0.29) is 23.9 Å². The lowest BCUT2D eigenvalue weighted by atomic mass is 9.96. The summed E-state index contributed by atoms with van der Waals surface area (Å²) in [6, 6.07) is 21.3. The number of hydrogen-bond acceptors (Lipinski definition) is 4. The molecule has 0 aliphatic heterocycles. The molecule has 3 aromatic carbocycles. The van der Waals surface area contributed by atoms with Gasteiger partial charge >= 0.3 is 0 Å². The van der Waals surface area contributed by atoms with Crippen molar-refractivity contribution in [1.82, 2.24) is 0 Å². The Morgan fingerprint density at radius 3 is 2.39 bits per heavy atom. The number of carbonyl (C=O) groups excluding carboxylic acids is 1. The largest absolute Gasteiger partial charge is 0.378 e. The predicted octanol–water partition coefficient (Wildman–Crippen LogP) is 5.93. The fraction of sp³-hybridized carbons (Fsp3) is 0.136. The summed E-state index contributed by atoms with van der Waals surface area (Å²) >= 11 is 2.23. The van der Waals surface area contributed by atoms with Crippen molar-refractivity contribution in [2.24, 2.45) is 0 Å². The van der Waals surface area contributed by atoms with E-state index in [1.165, 1.54) is 12.1 Å². The van der Waals surface area contributed by atoms with Crippen molar-refractivity contribution in [3.05, 3.63) is 103 Å². The number of non-ortho nitro benzene ring substituents is 1. The average molecular weight is 486 g/mol. The maximum atomic E-state index is 12.8. The molecule has 1 atom stereocenters. The Hall–Kier alpha value is -2.74. The summed E-state index contributed by atoms with van der Waals surface area (Å²) in [6.45, 7) is 1.97. The SMILES string of the molecule is Cc1ccc(C(=O)CC(Nc2ccc(I)cc2)c2cccc([N+](=O)[O-])c2)cc1. The second-order valence-corrected chi connectivity index (χ2v) is 7.79. The number of nitrogens with one attached hydrogen (secondary N) is 1. The number of anilines is 1. The maximum absolute atomic E-state index is 12.8. The molecule has 1 unspecified atom stereocenters. The average Bonchev–Trinajstić information content (AvgIpc) is 2.69. The van der Waals surface area contributed by atoms with E-state index in [1.807, 2.05) is 55.5 Å². The van der Waals surface area contributed by atoms with Crippen molar-refractivity contribution in [3.8, 4) is 0 Å². The number of rotatable bonds is 7. The molecule has 0 heterocycles. The number of halogens is 1. The lowest BCUT2D eigenvalue weighted by Crippen LogP contribution is -2.16. The Labute approximate surface area is 177 Å². The molecule has 142 valence electrons. The van der Waals surface area contributed by atoms with Gasteiger partial charge in [-0.05, 0) is 59.3 Å². The molecule has 28 heavy (non-hydrogen) atoms. The van der Waals surface area contributed by atoms with Crippen molar-refractivity contribution in [1.29, 1.82) is 0 Å². The Balaban J connectivity index is 1.90. The summed E-state index contributed by atoms with van der Waals surface area (Å²) < 4.78 is 1.10. The zero-order valence-electron chi connectivity index (χ0n) is 15.3. The Morgan fingerprint density at radius 1 is 1.07 bits per heavy atom. The van der Waals surface area contributed by atoms with E-state index < -0.39 is 4.92 Å². The van der Waals surface area contributed by atoms with Gasteiger partial charge in [-0.15, -0.1) is 0 Å². The number of benzene rings is 3. The molecule has 0 bridgehead atoms. The molecule has 6 heteroatoms. The summed E-state index contributed by atoms with van der Waals surface area (Å²) in [7, 11) is 0. The van der Waals surface area contributed by atoms with Crippen molar-refractivity contribution in [2.45, 2.75) is 19.4 Å². The van der Waals surface area contributed by atoms with Gasteiger partial charge in [0.1, 0.15) is 0 Å². The van der Waals surface area contributed by atoms with Gasteiger partial charge < -0.3 is 5.32 Å². The highest BCUT2D eigenvalue weighted by Gasteiger charge is 2.19. The minimum absolute atomic E-state index is 0.00898. The van der Waals surface area contributed by atoms with Crippen LogP contribution in [0.1, 0.15) is 33.9 Å². The molecular weight excluding hydrogens is 467 g/mol. The van der Waals surface area contributed by atoms with Gasteiger partial charge in [0.05, 0.1) is 11.0 Å². The first-order valence-electron chi connectivity index (χ1n) is 8.79. The third-order valence-corrected chi connectivity index (χ3v) is 5.15. The van der Waals surface area contributed by atoms with Gasteiger partial charge in [0, 0.05) is 33.4 Å². The summed E-state index contributed by atoms with van der Waals surface area (Å²) in [5.74, 6) is -0.0190. The van der Waals surface area contributed by atoms with Gasteiger partial charge in [0.25, 0.3) is 5.69 Å². The smallest absolute Gasteiger partial charge is 0.269 e. The fourth-order valence-corrected chi connectivity index (χ4v) is 3.26. The Morgan fingerprint density at radius 2 is 1.75 bits per heavy atom.